The van der Waals surface area contributed by atoms with Crippen LogP contribution in [0.4, 0.5) is 0 Å². The zero-order valence-electron chi connectivity index (χ0n) is 13.9. The molecule has 0 fully saturated rings. The number of allylic oxidation sites excluding steroid dienone is 4. The van der Waals surface area contributed by atoms with Gasteiger partial charge < -0.3 is 0 Å². The summed E-state index contributed by atoms with van der Waals surface area (Å²) in [4.78, 5) is 0. The molecule has 4 aromatic carbocycles. The monoisotopic (exact) mass is 318 g/mol. The van der Waals surface area contributed by atoms with Crippen molar-refractivity contribution in [2.24, 2.45) is 0 Å². The molecule has 25 heavy (non-hydrogen) atoms. The summed E-state index contributed by atoms with van der Waals surface area (Å²) in [5, 5.41) is 5.18. The molecule has 0 atom stereocenters. The van der Waals surface area contributed by atoms with E-state index in [1.54, 1.807) is 0 Å². The Hall–Kier alpha value is -3.12. The summed E-state index contributed by atoms with van der Waals surface area (Å²) in [6.45, 7) is 0. The lowest BCUT2D eigenvalue weighted by Crippen LogP contribution is -1.89. The molecule has 5 rings (SSSR count). The topological polar surface area (TPSA) is 0 Å². The van der Waals surface area contributed by atoms with E-state index >= 15 is 0 Å². The lowest BCUT2D eigenvalue weighted by Gasteiger charge is -2.12. The Morgan fingerprint density at radius 3 is 1.36 bits per heavy atom. The largest absolute Gasteiger partial charge is 0.0722 e. The smallest absolute Gasteiger partial charge is 0.0145 e. The Bertz CT molecular complexity index is 1070. The highest BCUT2D eigenvalue weighted by Gasteiger charge is 2.14. The molecular weight excluding hydrogens is 300 g/mol. The van der Waals surface area contributed by atoms with E-state index in [-0.39, 0.29) is 0 Å². The van der Waals surface area contributed by atoms with Crippen LogP contribution in [0.25, 0.3) is 32.7 Å². The molecule has 0 aromatic heterocycles. The van der Waals surface area contributed by atoms with Gasteiger partial charge in [-0.1, -0.05) is 84.9 Å². The van der Waals surface area contributed by atoms with Crippen molar-refractivity contribution in [2.45, 2.75) is 6.42 Å². The highest BCUT2D eigenvalue weighted by atomic mass is 14.2. The molecule has 4 aromatic rings. The fraction of sp³-hybridized carbons (Fsp3) is 0.0400. The van der Waals surface area contributed by atoms with Crippen molar-refractivity contribution in [1.82, 2.24) is 0 Å². The van der Waals surface area contributed by atoms with Gasteiger partial charge in [-0.05, 0) is 62.4 Å². The third kappa shape index (κ3) is 2.47. The highest BCUT2D eigenvalue weighted by Crippen LogP contribution is 2.38. The van der Waals surface area contributed by atoms with E-state index in [4.69, 9.17) is 0 Å². The first kappa shape index (κ1) is 14.2. The minimum absolute atomic E-state index is 1.00. The van der Waals surface area contributed by atoms with Crippen molar-refractivity contribution in [3.05, 3.63) is 108 Å². The Kier molecular flexibility index (Phi) is 3.28. The minimum atomic E-state index is 1.00. The summed E-state index contributed by atoms with van der Waals surface area (Å²) in [5.74, 6) is 0. The SMILES string of the molecule is C1=C(c2ccc3ccccc3c2)C(c2ccc3ccccc3c2)=CC1. The van der Waals surface area contributed by atoms with Crippen LogP contribution in [0.15, 0.2) is 97.1 Å². The van der Waals surface area contributed by atoms with E-state index in [0.29, 0.717) is 0 Å². The molecule has 0 heteroatoms. The Morgan fingerprint density at radius 1 is 0.440 bits per heavy atom. The second-order valence-corrected chi connectivity index (χ2v) is 6.60. The molecule has 118 valence electrons. The molecule has 1 aliphatic carbocycles. The zero-order valence-corrected chi connectivity index (χ0v) is 13.9. The minimum Gasteiger partial charge on any atom is -0.0722 e. The Morgan fingerprint density at radius 2 is 0.880 bits per heavy atom. The van der Waals surface area contributed by atoms with E-state index in [1.165, 1.54) is 43.8 Å². The molecule has 0 unspecified atom stereocenters. The van der Waals surface area contributed by atoms with Crippen LogP contribution in [0.1, 0.15) is 17.5 Å². The van der Waals surface area contributed by atoms with Crippen LogP contribution in [0.2, 0.25) is 0 Å². The van der Waals surface area contributed by atoms with E-state index in [0.717, 1.165) is 6.42 Å². The quantitative estimate of drug-likeness (QED) is 0.378. The third-order valence-corrected chi connectivity index (χ3v) is 5.06. The van der Waals surface area contributed by atoms with Crippen LogP contribution in [0.3, 0.4) is 0 Å². The number of hydrogen-bond donors (Lipinski definition) is 0. The van der Waals surface area contributed by atoms with Crippen molar-refractivity contribution in [3.8, 4) is 0 Å². The summed E-state index contributed by atoms with van der Waals surface area (Å²) in [7, 11) is 0. The first-order valence-corrected chi connectivity index (χ1v) is 8.77. The molecule has 0 aliphatic heterocycles. The number of hydrogen-bond acceptors (Lipinski definition) is 0. The van der Waals surface area contributed by atoms with E-state index in [9.17, 15) is 0 Å². The molecule has 0 spiro atoms. The van der Waals surface area contributed by atoms with Gasteiger partial charge >= 0.3 is 0 Å². The van der Waals surface area contributed by atoms with Crippen LogP contribution in [0.5, 0.6) is 0 Å². The second-order valence-electron chi connectivity index (χ2n) is 6.60. The molecule has 0 saturated heterocycles. The van der Waals surface area contributed by atoms with Gasteiger partial charge in [-0.15, -0.1) is 0 Å². The molecule has 0 amide bonds. The fourth-order valence-corrected chi connectivity index (χ4v) is 3.77. The average Bonchev–Trinajstić information content (AvgIpc) is 3.17. The van der Waals surface area contributed by atoms with Crippen LogP contribution in [-0.4, -0.2) is 0 Å². The summed E-state index contributed by atoms with van der Waals surface area (Å²) in [6, 6.07) is 30.7. The van der Waals surface area contributed by atoms with Crippen molar-refractivity contribution >= 4 is 32.7 Å². The van der Waals surface area contributed by atoms with Crippen molar-refractivity contribution in [1.29, 1.82) is 0 Å². The standard InChI is InChI=1S/C25H18/c1-3-8-20-16-22(14-12-18(20)6-1)24-10-5-11-25(24)23-15-13-19-7-2-4-9-21(19)17-23/h1-4,6-17H,5H2. The van der Waals surface area contributed by atoms with Gasteiger partial charge in [-0.2, -0.15) is 0 Å². The zero-order chi connectivity index (χ0) is 16.6. The van der Waals surface area contributed by atoms with Crippen LogP contribution in [0, 0.1) is 0 Å². The molecule has 0 saturated carbocycles. The maximum atomic E-state index is 2.34. The predicted octanol–water partition coefficient (Wildman–Crippen LogP) is 6.86. The highest BCUT2D eigenvalue weighted by molar-refractivity contribution is 6.09. The average molecular weight is 318 g/mol. The predicted molar refractivity (Wildman–Crippen MR) is 108 cm³/mol. The molecule has 0 radical (unpaired) electrons. The van der Waals surface area contributed by atoms with Crippen molar-refractivity contribution in [2.75, 3.05) is 0 Å². The van der Waals surface area contributed by atoms with Gasteiger partial charge in [0, 0.05) is 0 Å². The van der Waals surface area contributed by atoms with Crippen molar-refractivity contribution < 1.29 is 0 Å². The molecule has 1 aliphatic rings. The second kappa shape index (κ2) is 5.75. The number of fused-ring (bicyclic) bond motifs is 2. The molecule has 0 heterocycles. The molecule has 0 N–H and O–H groups in total. The van der Waals surface area contributed by atoms with Gasteiger partial charge in [-0.25, -0.2) is 0 Å². The number of benzene rings is 4. The van der Waals surface area contributed by atoms with E-state index < -0.39 is 0 Å². The van der Waals surface area contributed by atoms with E-state index in [1.807, 2.05) is 0 Å². The van der Waals surface area contributed by atoms with Gasteiger partial charge in [0.25, 0.3) is 0 Å². The maximum absolute atomic E-state index is 2.34. The fourth-order valence-electron chi connectivity index (χ4n) is 3.77. The summed E-state index contributed by atoms with van der Waals surface area (Å²) in [6.07, 6.45) is 5.69. The molecular formula is C25H18. The molecule has 0 nitrogen and oxygen atoms in total. The first-order valence-electron chi connectivity index (χ1n) is 8.77. The Labute approximate surface area is 147 Å². The van der Waals surface area contributed by atoms with Gasteiger partial charge in [0.15, 0.2) is 0 Å². The van der Waals surface area contributed by atoms with E-state index in [2.05, 4.69) is 97.1 Å². The summed E-state index contributed by atoms with van der Waals surface area (Å²) in [5.41, 5.74) is 5.30. The van der Waals surface area contributed by atoms with Gasteiger partial charge in [0.1, 0.15) is 0 Å². The third-order valence-electron chi connectivity index (χ3n) is 5.06. The Balaban J connectivity index is 1.60. The van der Waals surface area contributed by atoms with Gasteiger partial charge in [-0.3, -0.25) is 0 Å². The van der Waals surface area contributed by atoms with Gasteiger partial charge in [0.2, 0.25) is 0 Å². The number of rotatable bonds is 2. The lowest BCUT2D eigenvalue weighted by atomic mass is 9.92. The normalized spacial score (nSPS) is 13.9. The van der Waals surface area contributed by atoms with Crippen LogP contribution < -0.4 is 0 Å². The van der Waals surface area contributed by atoms with Gasteiger partial charge in [0.05, 0.1) is 0 Å². The van der Waals surface area contributed by atoms with Crippen LogP contribution in [-0.2, 0) is 0 Å². The first-order chi connectivity index (χ1) is 12.4. The van der Waals surface area contributed by atoms with Crippen molar-refractivity contribution in [3.63, 3.8) is 0 Å². The lowest BCUT2D eigenvalue weighted by molar-refractivity contribution is 1.45. The van der Waals surface area contributed by atoms with Crippen LogP contribution >= 0.6 is 0 Å². The summed E-state index contributed by atoms with van der Waals surface area (Å²) >= 11 is 0. The summed E-state index contributed by atoms with van der Waals surface area (Å²) < 4.78 is 0. The maximum Gasteiger partial charge on any atom is -0.0145 e. The molecule has 0 bridgehead atoms.